The molecule has 0 saturated carbocycles. The van der Waals surface area contributed by atoms with Crippen LogP contribution in [-0.2, 0) is 0 Å². The van der Waals surface area contributed by atoms with Gasteiger partial charge in [-0.25, -0.2) is 19.9 Å². The summed E-state index contributed by atoms with van der Waals surface area (Å²) in [6.45, 7) is 0. The lowest BCUT2D eigenvalue weighted by Gasteiger charge is -2.11. The lowest BCUT2D eigenvalue weighted by molar-refractivity contribution is 0.669. The van der Waals surface area contributed by atoms with Crippen LogP contribution in [0.5, 0.6) is 0 Å². The molecule has 0 N–H and O–H groups in total. The maximum atomic E-state index is 6.54. The van der Waals surface area contributed by atoms with Crippen molar-refractivity contribution in [1.29, 1.82) is 0 Å². The van der Waals surface area contributed by atoms with Crippen molar-refractivity contribution in [1.82, 2.24) is 19.9 Å². The van der Waals surface area contributed by atoms with Crippen molar-refractivity contribution >= 4 is 65.2 Å². The fraction of sp³-hybridized carbons (Fsp3) is 0. The second-order valence-corrected chi connectivity index (χ2v) is 13.4. The second kappa shape index (κ2) is 11.7. The van der Waals surface area contributed by atoms with Crippen LogP contribution >= 0.6 is 0 Å². The predicted octanol–water partition coefficient (Wildman–Crippen LogP) is 12.4. The van der Waals surface area contributed by atoms with Crippen LogP contribution in [-0.4, -0.2) is 19.9 Å². The highest BCUT2D eigenvalue weighted by Crippen LogP contribution is 2.42. The molecule has 8 aromatic carbocycles. The molecule has 0 unspecified atom stereocenters. The van der Waals surface area contributed by atoms with E-state index in [0.717, 1.165) is 82.3 Å². The molecule has 0 aliphatic carbocycles. The Bertz CT molecular complexity index is 3140. The number of para-hydroxylation sites is 1. The van der Waals surface area contributed by atoms with Crippen LogP contribution in [0, 0.1) is 0 Å². The van der Waals surface area contributed by atoms with Crippen molar-refractivity contribution < 1.29 is 4.42 Å². The lowest BCUT2D eigenvalue weighted by Crippen LogP contribution is -2.00. The Balaban J connectivity index is 1.17. The summed E-state index contributed by atoms with van der Waals surface area (Å²) in [6, 6.07) is 58.7. The van der Waals surface area contributed by atoms with Gasteiger partial charge in [-0.1, -0.05) is 121 Å². The van der Waals surface area contributed by atoms with Crippen molar-refractivity contribution in [3.8, 4) is 45.4 Å². The van der Waals surface area contributed by atoms with Crippen LogP contribution in [0.3, 0.4) is 0 Å². The number of hydrogen-bond donors (Lipinski definition) is 0. The highest BCUT2D eigenvalue weighted by Gasteiger charge is 2.19. The van der Waals surface area contributed by atoms with Crippen LogP contribution < -0.4 is 0 Å². The van der Waals surface area contributed by atoms with Gasteiger partial charge in [0.05, 0.1) is 11.2 Å². The van der Waals surface area contributed by atoms with Crippen molar-refractivity contribution in [2.45, 2.75) is 0 Å². The van der Waals surface area contributed by atoms with Gasteiger partial charge in [0.15, 0.2) is 17.5 Å². The molecule has 5 nitrogen and oxygen atoms in total. The minimum Gasteiger partial charge on any atom is -0.456 e. The molecule has 0 aliphatic heterocycles. The Hall–Kier alpha value is -7.24. The molecule has 0 fully saturated rings. The summed E-state index contributed by atoms with van der Waals surface area (Å²) in [5, 5.41) is 9.93. The number of hydrogen-bond acceptors (Lipinski definition) is 5. The zero-order valence-corrected chi connectivity index (χ0v) is 28.4. The summed E-state index contributed by atoms with van der Waals surface area (Å²) in [7, 11) is 0. The molecule has 3 aromatic heterocycles. The minimum absolute atomic E-state index is 0.597. The van der Waals surface area contributed by atoms with Gasteiger partial charge in [0.25, 0.3) is 0 Å². The number of furan rings is 1. The van der Waals surface area contributed by atoms with Crippen molar-refractivity contribution in [3.63, 3.8) is 0 Å². The van der Waals surface area contributed by atoms with E-state index in [2.05, 4.69) is 146 Å². The lowest BCUT2D eigenvalue weighted by atomic mass is 9.96. The Kier molecular flexibility index (Phi) is 6.48. The number of rotatable bonds is 4. The molecule has 5 heteroatoms. The monoisotopic (exact) mass is 676 g/mol. The van der Waals surface area contributed by atoms with Crippen LogP contribution in [0.25, 0.3) is 111 Å². The van der Waals surface area contributed by atoms with Gasteiger partial charge >= 0.3 is 0 Å². The van der Waals surface area contributed by atoms with E-state index in [0.29, 0.717) is 17.5 Å². The largest absolute Gasteiger partial charge is 0.456 e. The second-order valence-electron chi connectivity index (χ2n) is 13.4. The van der Waals surface area contributed by atoms with Crippen molar-refractivity contribution in [3.05, 3.63) is 170 Å². The Morgan fingerprint density at radius 1 is 0.321 bits per heavy atom. The molecule has 11 rings (SSSR count). The first-order valence-corrected chi connectivity index (χ1v) is 17.7. The molecule has 246 valence electrons. The number of pyridine rings is 1. The van der Waals surface area contributed by atoms with E-state index in [4.69, 9.17) is 24.4 Å². The topological polar surface area (TPSA) is 64.7 Å². The van der Waals surface area contributed by atoms with Crippen LogP contribution in [0.2, 0.25) is 0 Å². The fourth-order valence-corrected chi connectivity index (χ4v) is 7.68. The third kappa shape index (κ3) is 4.86. The molecule has 11 aromatic rings. The van der Waals surface area contributed by atoms with E-state index >= 15 is 0 Å². The molecule has 53 heavy (non-hydrogen) atoms. The SMILES string of the molecule is c1ccc(-c2nc3ccccc3c3c2ccc2oc4ccc(-c5nc(-c6ccc7ccccc7c6)nc(-c6ccc7ccccc7c6)n5)cc4c23)cc1. The van der Waals surface area contributed by atoms with Gasteiger partial charge in [-0.3, -0.25) is 0 Å². The molecule has 3 heterocycles. The van der Waals surface area contributed by atoms with Crippen LogP contribution in [0.4, 0.5) is 0 Å². The summed E-state index contributed by atoms with van der Waals surface area (Å²) in [4.78, 5) is 20.5. The number of nitrogens with zero attached hydrogens (tertiary/aromatic N) is 4. The fourth-order valence-electron chi connectivity index (χ4n) is 7.68. The number of aromatic nitrogens is 4. The van der Waals surface area contributed by atoms with E-state index in [-0.39, 0.29) is 0 Å². The maximum absolute atomic E-state index is 6.54. The van der Waals surface area contributed by atoms with Crippen LogP contribution in [0.1, 0.15) is 0 Å². The van der Waals surface area contributed by atoms with E-state index < -0.39 is 0 Å². The standard InChI is InChI=1S/C48H28N4O/c1-2-12-31(13-3-1)45-38-23-25-42-44(43(38)37-16-8-9-17-40(37)49-45)39-28-36(22-24-41(39)53-42)48-51-46(34-20-18-29-10-4-6-14-32(29)26-34)50-47(52-48)35-21-19-30-11-5-7-15-33(30)27-35/h1-28H. The summed E-state index contributed by atoms with van der Waals surface area (Å²) in [6.07, 6.45) is 0. The van der Waals surface area contributed by atoms with E-state index in [9.17, 15) is 0 Å². The zero-order chi connectivity index (χ0) is 34.9. The molecule has 0 radical (unpaired) electrons. The normalized spacial score (nSPS) is 11.8. The molecule has 0 bridgehead atoms. The first kappa shape index (κ1) is 29.5. The Morgan fingerprint density at radius 3 is 1.55 bits per heavy atom. The smallest absolute Gasteiger partial charge is 0.164 e. The molecule has 0 spiro atoms. The summed E-state index contributed by atoms with van der Waals surface area (Å²) >= 11 is 0. The molecule has 0 amide bonds. The summed E-state index contributed by atoms with van der Waals surface area (Å²) < 4.78 is 6.54. The van der Waals surface area contributed by atoms with E-state index in [1.54, 1.807) is 0 Å². The average Bonchev–Trinajstić information content (AvgIpc) is 3.61. The van der Waals surface area contributed by atoms with Gasteiger partial charge in [-0.2, -0.15) is 0 Å². The van der Waals surface area contributed by atoms with E-state index in [1.807, 2.05) is 24.3 Å². The van der Waals surface area contributed by atoms with E-state index in [1.165, 1.54) is 10.8 Å². The van der Waals surface area contributed by atoms with Crippen molar-refractivity contribution in [2.75, 3.05) is 0 Å². The quantitative estimate of drug-likeness (QED) is 0.174. The average molecular weight is 677 g/mol. The summed E-state index contributed by atoms with van der Waals surface area (Å²) in [5.74, 6) is 1.84. The summed E-state index contributed by atoms with van der Waals surface area (Å²) in [5.41, 5.74) is 7.33. The third-order valence-corrected chi connectivity index (χ3v) is 10.3. The highest BCUT2D eigenvalue weighted by molar-refractivity contribution is 6.28. The van der Waals surface area contributed by atoms with Crippen molar-refractivity contribution in [2.24, 2.45) is 0 Å². The number of benzene rings is 8. The van der Waals surface area contributed by atoms with Crippen LogP contribution in [0.15, 0.2) is 174 Å². The van der Waals surface area contributed by atoms with Gasteiger partial charge in [-0.05, 0) is 70.1 Å². The molecular weight excluding hydrogens is 649 g/mol. The zero-order valence-electron chi connectivity index (χ0n) is 28.4. The highest BCUT2D eigenvalue weighted by atomic mass is 16.3. The number of fused-ring (bicyclic) bond motifs is 9. The molecule has 0 atom stereocenters. The molecule has 0 saturated heterocycles. The Labute approximate surface area is 303 Å². The van der Waals surface area contributed by atoms with Gasteiger partial charge in [0, 0.05) is 49.2 Å². The van der Waals surface area contributed by atoms with Gasteiger partial charge in [0.1, 0.15) is 11.2 Å². The molecule has 0 aliphatic rings. The first-order chi connectivity index (χ1) is 26.2. The first-order valence-electron chi connectivity index (χ1n) is 17.7. The third-order valence-electron chi connectivity index (χ3n) is 10.3. The van der Waals surface area contributed by atoms with Gasteiger partial charge in [0.2, 0.25) is 0 Å². The van der Waals surface area contributed by atoms with Gasteiger partial charge in [-0.15, -0.1) is 0 Å². The Morgan fingerprint density at radius 2 is 0.868 bits per heavy atom. The molecular formula is C48H28N4O. The van der Waals surface area contributed by atoms with Gasteiger partial charge < -0.3 is 4.42 Å². The maximum Gasteiger partial charge on any atom is 0.164 e. The minimum atomic E-state index is 0.597. The predicted molar refractivity (Wildman–Crippen MR) is 217 cm³/mol.